The number of alkyl halides is 3. The summed E-state index contributed by atoms with van der Waals surface area (Å²) in [6, 6.07) is 5.33. The van der Waals surface area contributed by atoms with E-state index in [4.69, 9.17) is 11.3 Å². The van der Waals surface area contributed by atoms with Crippen LogP contribution in [0.25, 0.3) is 33.1 Å². The molecule has 0 saturated carbocycles. The Morgan fingerprint density at radius 2 is 1.70 bits per heavy atom. The monoisotopic (exact) mass is 397 g/mol. The van der Waals surface area contributed by atoms with Gasteiger partial charge in [-0.2, -0.15) is 21.6 Å². The van der Waals surface area contributed by atoms with Gasteiger partial charge < -0.3 is 8.60 Å². The number of hydrogen-bond donors (Lipinski definition) is 0. The third-order valence-corrected chi connectivity index (χ3v) is 4.70. The first-order valence-corrected chi connectivity index (χ1v) is 8.77. The van der Waals surface area contributed by atoms with Gasteiger partial charge in [0, 0.05) is 5.39 Å². The van der Waals surface area contributed by atoms with Gasteiger partial charge in [-0.25, -0.2) is 0 Å². The van der Waals surface area contributed by atoms with Crippen molar-refractivity contribution in [1.82, 2.24) is 0 Å². The molecule has 0 unspecified atom stereocenters. The standard InChI is InChI=1S/C19H11F3O4S/c20-19(21,22)27(23,24)26-16-8-4-7-15-18(16)14-10-9-13(11-17(14)25-15)12-5-2-1-3-6-12/h1-11H/i1D,2D,3D,5D,6D. The van der Waals surface area contributed by atoms with E-state index < -0.39 is 51.6 Å². The number of rotatable bonds is 3. The van der Waals surface area contributed by atoms with Crippen molar-refractivity contribution in [3.63, 3.8) is 0 Å². The molecule has 0 saturated heterocycles. The molecule has 1 aromatic heterocycles. The van der Waals surface area contributed by atoms with E-state index >= 15 is 0 Å². The molecular weight excluding hydrogens is 381 g/mol. The van der Waals surface area contributed by atoms with Crippen molar-refractivity contribution in [2.75, 3.05) is 0 Å². The fraction of sp³-hybridized carbons (Fsp3) is 0.0526. The Hall–Kier alpha value is -3.00. The lowest BCUT2D eigenvalue weighted by Crippen LogP contribution is -2.28. The molecule has 0 amide bonds. The quantitative estimate of drug-likeness (QED) is 0.339. The van der Waals surface area contributed by atoms with Crippen molar-refractivity contribution in [2.24, 2.45) is 0 Å². The smallest absolute Gasteiger partial charge is 0.456 e. The lowest BCUT2D eigenvalue weighted by atomic mass is 10.0. The molecule has 0 atom stereocenters. The summed E-state index contributed by atoms with van der Waals surface area (Å²) in [6.45, 7) is 0. The van der Waals surface area contributed by atoms with Gasteiger partial charge in [-0.1, -0.05) is 42.3 Å². The highest BCUT2D eigenvalue weighted by molar-refractivity contribution is 7.88. The number of fused-ring (bicyclic) bond motifs is 3. The van der Waals surface area contributed by atoms with Crippen molar-refractivity contribution in [3.8, 4) is 16.9 Å². The second-order valence-electron chi connectivity index (χ2n) is 5.43. The van der Waals surface area contributed by atoms with E-state index in [1.807, 2.05) is 0 Å². The van der Waals surface area contributed by atoms with Crippen LogP contribution in [0.3, 0.4) is 0 Å². The van der Waals surface area contributed by atoms with Crippen molar-refractivity contribution in [2.45, 2.75) is 5.51 Å². The van der Waals surface area contributed by atoms with E-state index in [1.165, 1.54) is 30.3 Å². The number of furan rings is 1. The van der Waals surface area contributed by atoms with E-state index in [-0.39, 0.29) is 33.1 Å². The summed E-state index contributed by atoms with van der Waals surface area (Å²) in [5.74, 6) is -0.589. The highest BCUT2D eigenvalue weighted by Gasteiger charge is 2.48. The molecule has 27 heavy (non-hydrogen) atoms. The second-order valence-corrected chi connectivity index (χ2v) is 6.96. The first kappa shape index (κ1) is 12.4. The summed E-state index contributed by atoms with van der Waals surface area (Å²) in [5.41, 5.74) is -5.38. The minimum Gasteiger partial charge on any atom is -0.456 e. The van der Waals surface area contributed by atoms with Crippen LogP contribution in [0, 0.1) is 0 Å². The van der Waals surface area contributed by atoms with Gasteiger partial charge in [0.2, 0.25) is 0 Å². The Bertz CT molecular complexity index is 1480. The Morgan fingerprint density at radius 1 is 0.963 bits per heavy atom. The summed E-state index contributed by atoms with van der Waals surface area (Å²) < 4.78 is 111. The largest absolute Gasteiger partial charge is 0.534 e. The van der Waals surface area contributed by atoms with Gasteiger partial charge in [-0.05, 0) is 35.4 Å². The van der Waals surface area contributed by atoms with Crippen LogP contribution in [-0.4, -0.2) is 13.9 Å². The maximum absolute atomic E-state index is 12.8. The maximum Gasteiger partial charge on any atom is 0.534 e. The average Bonchev–Trinajstić information content (AvgIpc) is 3.08. The second kappa shape index (κ2) is 6.02. The molecule has 3 aromatic carbocycles. The normalized spacial score (nSPS) is 15.1. The molecule has 1 heterocycles. The summed E-state index contributed by atoms with van der Waals surface area (Å²) in [7, 11) is -5.92. The van der Waals surface area contributed by atoms with Crippen LogP contribution in [0.15, 0.2) is 71.0 Å². The SMILES string of the molecule is [2H]c1c([2H])c([2H])c(-c2ccc3c(c2)oc2cccc(OS(=O)(=O)C(F)(F)F)c23)c([2H])c1[2H]. The summed E-state index contributed by atoms with van der Waals surface area (Å²) in [4.78, 5) is 0. The van der Waals surface area contributed by atoms with E-state index in [2.05, 4.69) is 4.18 Å². The van der Waals surface area contributed by atoms with E-state index in [9.17, 15) is 21.6 Å². The van der Waals surface area contributed by atoms with Crippen LogP contribution in [0.4, 0.5) is 13.2 Å². The maximum atomic E-state index is 12.8. The Morgan fingerprint density at radius 3 is 2.41 bits per heavy atom. The number of hydrogen-bond acceptors (Lipinski definition) is 4. The molecule has 8 heteroatoms. The fourth-order valence-electron chi connectivity index (χ4n) is 2.58. The number of benzene rings is 3. The molecule has 4 rings (SSSR count). The summed E-state index contributed by atoms with van der Waals surface area (Å²) in [5, 5.41) is 0.187. The fourth-order valence-corrected chi connectivity index (χ4v) is 3.05. The van der Waals surface area contributed by atoms with Gasteiger partial charge >= 0.3 is 15.6 Å². The van der Waals surface area contributed by atoms with Crippen molar-refractivity contribution in [3.05, 3.63) is 66.6 Å². The highest BCUT2D eigenvalue weighted by atomic mass is 32.2. The predicted molar refractivity (Wildman–Crippen MR) is 94.8 cm³/mol. The highest BCUT2D eigenvalue weighted by Crippen LogP contribution is 2.39. The Balaban J connectivity index is 1.93. The molecule has 0 fully saturated rings. The van der Waals surface area contributed by atoms with Crippen LogP contribution in [0.1, 0.15) is 6.85 Å². The lowest BCUT2D eigenvalue weighted by molar-refractivity contribution is -0.0499. The molecule has 0 bridgehead atoms. The van der Waals surface area contributed by atoms with Gasteiger partial charge in [-0.3, -0.25) is 0 Å². The molecule has 0 radical (unpaired) electrons. The summed E-state index contributed by atoms with van der Waals surface area (Å²) in [6.07, 6.45) is 0. The molecule has 0 spiro atoms. The van der Waals surface area contributed by atoms with Gasteiger partial charge in [0.1, 0.15) is 11.2 Å². The zero-order valence-electron chi connectivity index (χ0n) is 18.1. The molecule has 0 N–H and O–H groups in total. The summed E-state index contributed by atoms with van der Waals surface area (Å²) >= 11 is 0. The van der Waals surface area contributed by atoms with Crippen LogP contribution in [0.2, 0.25) is 0 Å². The molecular formula is C19H11F3O4S. The van der Waals surface area contributed by atoms with E-state index in [1.54, 1.807) is 0 Å². The van der Waals surface area contributed by atoms with Crippen molar-refractivity contribution in [1.29, 1.82) is 0 Å². The van der Waals surface area contributed by atoms with Crippen molar-refractivity contribution < 1.29 is 37.0 Å². The average molecular weight is 397 g/mol. The van der Waals surface area contributed by atoms with Gasteiger partial charge in [0.05, 0.1) is 12.2 Å². The van der Waals surface area contributed by atoms with Crippen LogP contribution in [-0.2, 0) is 10.1 Å². The van der Waals surface area contributed by atoms with Crippen LogP contribution < -0.4 is 4.18 Å². The molecule has 138 valence electrons. The predicted octanol–water partition coefficient (Wildman–Crippen LogP) is 5.48. The molecule has 4 aromatic rings. The van der Waals surface area contributed by atoms with Crippen LogP contribution >= 0.6 is 0 Å². The first-order chi connectivity index (χ1) is 14.8. The first-order valence-electron chi connectivity index (χ1n) is 9.87. The minimum absolute atomic E-state index is 0.0251. The Kier molecular flexibility index (Phi) is 2.76. The molecule has 0 aliphatic heterocycles. The topological polar surface area (TPSA) is 56.5 Å². The Labute approximate surface area is 158 Å². The molecule has 0 aliphatic rings. The third-order valence-electron chi connectivity index (χ3n) is 3.73. The van der Waals surface area contributed by atoms with E-state index in [0.717, 1.165) is 6.07 Å². The van der Waals surface area contributed by atoms with Gasteiger partial charge in [0.15, 0.2) is 5.75 Å². The van der Waals surface area contributed by atoms with Crippen molar-refractivity contribution >= 4 is 32.1 Å². The zero-order valence-corrected chi connectivity index (χ0v) is 14.0. The van der Waals surface area contributed by atoms with E-state index in [0.29, 0.717) is 0 Å². The minimum atomic E-state index is -5.92. The van der Waals surface area contributed by atoms with Gasteiger partial charge in [-0.15, -0.1) is 0 Å². The van der Waals surface area contributed by atoms with Crippen LogP contribution in [0.5, 0.6) is 5.75 Å². The molecule has 4 nitrogen and oxygen atoms in total. The molecule has 0 aliphatic carbocycles. The van der Waals surface area contributed by atoms with Gasteiger partial charge in [0.25, 0.3) is 0 Å². The lowest BCUT2D eigenvalue weighted by Gasteiger charge is -2.10. The zero-order chi connectivity index (χ0) is 23.6. The number of halogens is 3. The third kappa shape index (κ3) is 3.02.